The lowest BCUT2D eigenvalue weighted by molar-refractivity contribution is -0.143. The lowest BCUT2D eigenvalue weighted by atomic mass is 10.1. The lowest BCUT2D eigenvalue weighted by Gasteiger charge is -2.13. The first-order valence-electron chi connectivity index (χ1n) is 5.38. The van der Waals surface area contributed by atoms with E-state index in [2.05, 4.69) is 10.5 Å². The van der Waals surface area contributed by atoms with Gasteiger partial charge in [0.15, 0.2) is 6.04 Å². The molecule has 0 fully saturated rings. The van der Waals surface area contributed by atoms with Crippen molar-refractivity contribution in [2.24, 2.45) is 0 Å². The predicted octanol–water partition coefficient (Wildman–Crippen LogP) is 0.0497. The molecular weight excluding hydrogens is 240 g/mol. The Morgan fingerprint density at radius 1 is 1.50 bits per heavy atom. The van der Waals surface area contributed by atoms with E-state index in [9.17, 15) is 9.59 Å². The molecule has 0 saturated carbocycles. The van der Waals surface area contributed by atoms with Crippen molar-refractivity contribution < 1.29 is 24.0 Å². The van der Waals surface area contributed by atoms with E-state index in [4.69, 9.17) is 14.4 Å². The van der Waals surface area contributed by atoms with E-state index in [0.29, 0.717) is 17.0 Å². The van der Waals surface area contributed by atoms with Crippen LogP contribution in [0.5, 0.6) is 0 Å². The lowest BCUT2D eigenvalue weighted by Crippen LogP contribution is -2.44. The van der Waals surface area contributed by atoms with Gasteiger partial charge < -0.3 is 19.7 Å². The highest BCUT2D eigenvalue weighted by atomic mass is 16.5. The van der Waals surface area contributed by atoms with Crippen molar-refractivity contribution in [1.29, 1.82) is 0 Å². The van der Waals surface area contributed by atoms with Crippen LogP contribution >= 0.6 is 0 Å². The molecule has 7 heteroatoms. The van der Waals surface area contributed by atoms with Gasteiger partial charge in [0.25, 0.3) is 0 Å². The third-order valence-corrected chi connectivity index (χ3v) is 2.49. The Morgan fingerprint density at radius 3 is 2.61 bits per heavy atom. The number of carboxylic acid groups (broad SMARTS) is 1. The van der Waals surface area contributed by atoms with Crippen LogP contribution in [-0.4, -0.2) is 41.9 Å². The number of hydrogen-bond acceptors (Lipinski definition) is 5. The molecule has 0 aliphatic rings. The average Bonchev–Trinajstić information content (AvgIpc) is 2.60. The summed E-state index contributed by atoms with van der Waals surface area (Å²) in [5, 5.41) is 15.0. The van der Waals surface area contributed by atoms with Crippen LogP contribution in [0.4, 0.5) is 0 Å². The number of rotatable bonds is 6. The number of carbonyl (C=O) groups excluding carboxylic acids is 1. The normalized spacial score (nSPS) is 12.2. The van der Waals surface area contributed by atoms with Gasteiger partial charge >= 0.3 is 5.97 Å². The maximum absolute atomic E-state index is 11.7. The second-order valence-electron chi connectivity index (χ2n) is 3.89. The van der Waals surface area contributed by atoms with Gasteiger partial charge in [0, 0.05) is 12.7 Å². The van der Waals surface area contributed by atoms with E-state index < -0.39 is 17.9 Å². The molecule has 18 heavy (non-hydrogen) atoms. The van der Waals surface area contributed by atoms with E-state index in [-0.39, 0.29) is 13.0 Å². The highest BCUT2D eigenvalue weighted by Gasteiger charge is 2.21. The highest BCUT2D eigenvalue weighted by Crippen LogP contribution is 2.12. The Balaban J connectivity index is 2.63. The third-order valence-electron chi connectivity index (χ3n) is 2.49. The molecular formula is C11H16N2O5. The van der Waals surface area contributed by atoms with Gasteiger partial charge in [-0.3, -0.25) is 4.79 Å². The summed E-state index contributed by atoms with van der Waals surface area (Å²) >= 11 is 0. The fourth-order valence-corrected chi connectivity index (χ4v) is 1.50. The van der Waals surface area contributed by atoms with Crippen molar-refractivity contribution in [1.82, 2.24) is 10.5 Å². The van der Waals surface area contributed by atoms with E-state index in [0.717, 1.165) is 0 Å². The molecule has 0 bridgehead atoms. The summed E-state index contributed by atoms with van der Waals surface area (Å²) in [7, 11) is 1.37. The van der Waals surface area contributed by atoms with Crippen molar-refractivity contribution in [3.05, 3.63) is 17.0 Å². The minimum absolute atomic E-state index is 0.0364. The zero-order chi connectivity index (χ0) is 13.7. The van der Waals surface area contributed by atoms with Crippen LogP contribution in [0.25, 0.3) is 0 Å². The minimum Gasteiger partial charge on any atom is -0.480 e. The third kappa shape index (κ3) is 3.56. The van der Waals surface area contributed by atoms with Crippen LogP contribution in [0.2, 0.25) is 0 Å². The summed E-state index contributed by atoms with van der Waals surface area (Å²) in [6.07, 6.45) is 0.0364. The number of amides is 1. The molecule has 100 valence electrons. The van der Waals surface area contributed by atoms with Crippen molar-refractivity contribution in [2.75, 3.05) is 13.7 Å². The smallest absolute Gasteiger partial charge is 0.328 e. The van der Waals surface area contributed by atoms with E-state index in [1.54, 1.807) is 13.8 Å². The zero-order valence-corrected chi connectivity index (χ0v) is 10.5. The van der Waals surface area contributed by atoms with Crippen LogP contribution in [0.1, 0.15) is 17.0 Å². The number of aryl methyl sites for hydroxylation is 2. The number of aliphatic carboxylic acids is 1. The Hall–Kier alpha value is -1.89. The first-order valence-corrected chi connectivity index (χ1v) is 5.38. The molecule has 1 aromatic rings. The molecule has 0 aliphatic heterocycles. The van der Waals surface area contributed by atoms with Crippen LogP contribution in [0.3, 0.4) is 0 Å². The van der Waals surface area contributed by atoms with E-state index in [1.165, 1.54) is 7.11 Å². The fourth-order valence-electron chi connectivity index (χ4n) is 1.50. The largest absolute Gasteiger partial charge is 0.480 e. The number of aromatic nitrogens is 1. The Labute approximate surface area is 104 Å². The molecule has 1 unspecified atom stereocenters. The Morgan fingerprint density at radius 2 is 2.17 bits per heavy atom. The molecule has 0 radical (unpaired) electrons. The van der Waals surface area contributed by atoms with Gasteiger partial charge in [-0.05, 0) is 13.8 Å². The van der Waals surface area contributed by atoms with Gasteiger partial charge in [-0.25, -0.2) is 4.79 Å². The summed E-state index contributed by atoms with van der Waals surface area (Å²) in [5.74, 6) is -0.987. The van der Waals surface area contributed by atoms with Gasteiger partial charge in [-0.15, -0.1) is 0 Å². The summed E-state index contributed by atoms with van der Waals surface area (Å²) in [4.78, 5) is 22.5. The maximum atomic E-state index is 11.7. The first-order chi connectivity index (χ1) is 8.45. The molecule has 1 aromatic heterocycles. The summed E-state index contributed by atoms with van der Waals surface area (Å²) in [6, 6.07) is -1.05. The highest BCUT2D eigenvalue weighted by molar-refractivity contribution is 5.85. The molecule has 2 N–H and O–H groups in total. The number of nitrogens with zero attached hydrogens (tertiary/aromatic N) is 1. The molecule has 1 heterocycles. The summed E-state index contributed by atoms with van der Waals surface area (Å²) in [5.41, 5.74) is 1.30. The summed E-state index contributed by atoms with van der Waals surface area (Å²) in [6.45, 7) is 3.35. The van der Waals surface area contributed by atoms with Gasteiger partial charge in [-0.2, -0.15) is 0 Å². The number of ether oxygens (including phenoxy) is 1. The average molecular weight is 256 g/mol. The second-order valence-corrected chi connectivity index (χ2v) is 3.89. The van der Waals surface area contributed by atoms with Crippen LogP contribution in [-0.2, 0) is 20.7 Å². The van der Waals surface area contributed by atoms with Crippen LogP contribution < -0.4 is 5.32 Å². The van der Waals surface area contributed by atoms with E-state index >= 15 is 0 Å². The molecule has 1 amide bonds. The monoisotopic (exact) mass is 256 g/mol. The number of methoxy groups -OCH3 is 1. The zero-order valence-electron chi connectivity index (χ0n) is 10.5. The standard InChI is InChI=1S/C11H16N2O5/c1-6-8(7(2)18-13-6)4-10(14)12-9(5-17-3)11(15)16/h9H,4-5H2,1-3H3,(H,12,14)(H,15,16). The molecule has 1 atom stereocenters. The van der Waals surface area contributed by atoms with Crippen LogP contribution in [0.15, 0.2) is 4.52 Å². The topological polar surface area (TPSA) is 102 Å². The second kappa shape index (κ2) is 6.15. The van der Waals surface area contributed by atoms with Crippen LogP contribution in [0, 0.1) is 13.8 Å². The fraction of sp³-hybridized carbons (Fsp3) is 0.545. The van der Waals surface area contributed by atoms with Crippen molar-refractivity contribution >= 4 is 11.9 Å². The molecule has 0 aromatic carbocycles. The van der Waals surface area contributed by atoms with Crippen molar-refractivity contribution in [2.45, 2.75) is 26.3 Å². The molecule has 0 aliphatic carbocycles. The molecule has 0 saturated heterocycles. The SMILES string of the molecule is COCC(NC(=O)Cc1c(C)noc1C)C(=O)O. The maximum Gasteiger partial charge on any atom is 0.328 e. The molecule has 1 rings (SSSR count). The Bertz CT molecular complexity index is 421. The number of nitrogens with one attached hydrogen (secondary N) is 1. The van der Waals surface area contributed by atoms with Crippen molar-refractivity contribution in [3.8, 4) is 0 Å². The van der Waals surface area contributed by atoms with Gasteiger partial charge in [0.2, 0.25) is 5.91 Å². The predicted molar refractivity (Wildman–Crippen MR) is 61.1 cm³/mol. The van der Waals surface area contributed by atoms with Crippen molar-refractivity contribution in [3.63, 3.8) is 0 Å². The van der Waals surface area contributed by atoms with Gasteiger partial charge in [-0.1, -0.05) is 5.16 Å². The Kier molecular flexibility index (Phi) is 4.85. The minimum atomic E-state index is -1.14. The molecule has 0 spiro atoms. The van der Waals surface area contributed by atoms with Gasteiger partial charge in [0.1, 0.15) is 5.76 Å². The molecule has 7 nitrogen and oxygen atoms in total. The summed E-state index contributed by atoms with van der Waals surface area (Å²) < 4.78 is 9.65. The first kappa shape index (κ1) is 14.2. The quantitative estimate of drug-likeness (QED) is 0.745. The van der Waals surface area contributed by atoms with E-state index in [1.807, 2.05) is 0 Å². The van der Waals surface area contributed by atoms with Gasteiger partial charge in [0.05, 0.1) is 18.7 Å². The number of carbonyl (C=O) groups is 2. The number of carboxylic acids is 1. The number of hydrogen-bond donors (Lipinski definition) is 2.